The van der Waals surface area contributed by atoms with Gasteiger partial charge < -0.3 is 9.64 Å². The molecule has 0 bridgehead atoms. The molecule has 0 aliphatic carbocycles. The van der Waals surface area contributed by atoms with E-state index < -0.39 is 0 Å². The molecular formula is C20H23N3O. The summed E-state index contributed by atoms with van der Waals surface area (Å²) in [4.78, 5) is 2.40. The molecular weight excluding hydrogens is 298 g/mol. The van der Waals surface area contributed by atoms with E-state index >= 15 is 0 Å². The highest BCUT2D eigenvalue weighted by molar-refractivity contribution is 5.79. The summed E-state index contributed by atoms with van der Waals surface area (Å²) in [6, 6.07) is 18.5. The van der Waals surface area contributed by atoms with Gasteiger partial charge in [-0.15, -0.1) is 0 Å². The van der Waals surface area contributed by atoms with Crippen LogP contribution in [0.1, 0.15) is 5.56 Å². The third kappa shape index (κ3) is 4.16. The smallest absolute Gasteiger partial charge is 0.126 e. The van der Waals surface area contributed by atoms with Crippen molar-refractivity contribution < 1.29 is 4.74 Å². The van der Waals surface area contributed by atoms with Crippen LogP contribution in [0.15, 0.2) is 65.8 Å². The van der Waals surface area contributed by atoms with Crippen molar-refractivity contribution in [1.82, 2.24) is 5.01 Å². The number of rotatable bonds is 5. The molecule has 0 N–H and O–H groups in total. The molecule has 3 rings (SSSR count). The maximum atomic E-state index is 5.33. The largest absolute Gasteiger partial charge is 0.496 e. The first kappa shape index (κ1) is 16.1. The molecule has 1 aliphatic rings. The lowest BCUT2D eigenvalue weighted by atomic mass is 10.2. The van der Waals surface area contributed by atoms with Crippen LogP contribution >= 0.6 is 0 Å². The van der Waals surface area contributed by atoms with Gasteiger partial charge >= 0.3 is 0 Å². The molecule has 1 aliphatic heterocycles. The highest BCUT2D eigenvalue weighted by Crippen LogP contribution is 2.18. The molecule has 0 aromatic heterocycles. The molecule has 2 aromatic carbocycles. The van der Waals surface area contributed by atoms with E-state index in [1.165, 1.54) is 5.69 Å². The van der Waals surface area contributed by atoms with Gasteiger partial charge in [-0.1, -0.05) is 36.4 Å². The van der Waals surface area contributed by atoms with Gasteiger partial charge in [-0.25, -0.2) is 0 Å². The average Bonchev–Trinajstić information content (AvgIpc) is 2.67. The van der Waals surface area contributed by atoms with Crippen LogP contribution < -0.4 is 9.64 Å². The van der Waals surface area contributed by atoms with E-state index in [2.05, 4.69) is 45.3 Å². The Morgan fingerprint density at radius 3 is 2.38 bits per heavy atom. The zero-order valence-corrected chi connectivity index (χ0v) is 14.0. The number of hydrazone groups is 1. The minimum atomic E-state index is 0.874. The van der Waals surface area contributed by atoms with Crippen molar-refractivity contribution in [2.45, 2.75) is 0 Å². The van der Waals surface area contributed by atoms with Gasteiger partial charge in [0, 0.05) is 30.6 Å². The molecule has 1 fully saturated rings. The van der Waals surface area contributed by atoms with E-state index in [1.54, 1.807) is 7.11 Å². The summed E-state index contributed by atoms with van der Waals surface area (Å²) >= 11 is 0. The molecule has 4 heteroatoms. The Hall–Kier alpha value is -2.75. The van der Waals surface area contributed by atoms with Gasteiger partial charge in [0.2, 0.25) is 0 Å². The molecule has 1 heterocycles. The number of ether oxygens (including phenoxy) is 1. The first-order chi connectivity index (χ1) is 11.9. The zero-order valence-electron chi connectivity index (χ0n) is 14.0. The van der Waals surface area contributed by atoms with Crippen molar-refractivity contribution in [1.29, 1.82) is 0 Å². The number of methoxy groups -OCH3 is 1. The number of allylic oxidation sites excluding steroid dienone is 1. The van der Waals surface area contributed by atoms with Gasteiger partial charge in [0.15, 0.2) is 0 Å². The molecule has 2 aromatic rings. The summed E-state index contributed by atoms with van der Waals surface area (Å²) in [6.45, 7) is 3.87. The first-order valence-corrected chi connectivity index (χ1v) is 8.25. The average molecular weight is 321 g/mol. The van der Waals surface area contributed by atoms with Crippen LogP contribution in [-0.2, 0) is 0 Å². The van der Waals surface area contributed by atoms with Crippen molar-refractivity contribution in [2.75, 3.05) is 38.2 Å². The molecule has 24 heavy (non-hydrogen) atoms. The second-order valence-corrected chi connectivity index (χ2v) is 5.64. The maximum absolute atomic E-state index is 5.33. The lowest BCUT2D eigenvalue weighted by molar-refractivity contribution is 0.272. The number of para-hydroxylation sites is 2. The zero-order chi connectivity index (χ0) is 16.6. The van der Waals surface area contributed by atoms with Gasteiger partial charge in [0.25, 0.3) is 0 Å². The molecule has 0 atom stereocenters. The fourth-order valence-corrected chi connectivity index (χ4v) is 2.79. The monoisotopic (exact) mass is 321 g/mol. The fourth-order valence-electron chi connectivity index (χ4n) is 2.79. The van der Waals surface area contributed by atoms with E-state index in [-0.39, 0.29) is 0 Å². The van der Waals surface area contributed by atoms with Crippen LogP contribution in [0.3, 0.4) is 0 Å². The SMILES string of the molecule is COc1ccccc1C=CC=NN1CCN(c2ccccc2)CC1. The Morgan fingerprint density at radius 2 is 1.62 bits per heavy atom. The van der Waals surface area contributed by atoms with Crippen molar-refractivity contribution in [3.05, 3.63) is 66.2 Å². The summed E-state index contributed by atoms with van der Waals surface area (Å²) < 4.78 is 5.33. The summed E-state index contributed by atoms with van der Waals surface area (Å²) in [5.74, 6) is 0.874. The second-order valence-electron chi connectivity index (χ2n) is 5.64. The van der Waals surface area contributed by atoms with Crippen molar-refractivity contribution in [3.8, 4) is 5.75 Å². The van der Waals surface area contributed by atoms with Gasteiger partial charge in [0.05, 0.1) is 20.2 Å². The van der Waals surface area contributed by atoms with E-state index in [1.807, 2.05) is 42.6 Å². The predicted octanol–water partition coefficient (Wildman–Crippen LogP) is 3.52. The highest BCUT2D eigenvalue weighted by atomic mass is 16.5. The minimum absolute atomic E-state index is 0.874. The normalized spacial score (nSPS) is 15.4. The van der Waals surface area contributed by atoms with E-state index in [0.717, 1.165) is 37.5 Å². The quantitative estimate of drug-likeness (QED) is 0.789. The third-order valence-electron chi connectivity index (χ3n) is 4.11. The van der Waals surface area contributed by atoms with Crippen LogP contribution in [0.2, 0.25) is 0 Å². The number of piperazine rings is 1. The molecule has 0 radical (unpaired) electrons. The summed E-state index contributed by atoms with van der Waals surface area (Å²) in [6.07, 6.45) is 5.83. The topological polar surface area (TPSA) is 28.1 Å². The highest BCUT2D eigenvalue weighted by Gasteiger charge is 2.14. The molecule has 124 valence electrons. The molecule has 0 unspecified atom stereocenters. The summed E-state index contributed by atoms with van der Waals surface area (Å²) in [5.41, 5.74) is 2.34. The van der Waals surface area contributed by atoms with E-state index in [4.69, 9.17) is 4.74 Å². The minimum Gasteiger partial charge on any atom is -0.496 e. The Morgan fingerprint density at radius 1 is 0.917 bits per heavy atom. The van der Waals surface area contributed by atoms with Crippen molar-refractivity contribution >= 4 is 18.0 Å². The Bertz CT molecular complexity index is 689. The number of benzene rings is 2. The van der Waals surface area contributed by atoms with Gasteiger partial charge in [-0.2, -0.15) is 5.10 Å². The molecule has 4 nitrogen and oxygen atoms in total. The summed E-state index contributed by atoms with van der Waals surface area (Å²) in [5, 5.41) is 6.65. The van der Waals surface area contributed by atoms with Crippen LogP contribution in [-0.4, -0.2) is 44.5 Å². The van der Waals surface area contributed by atoms with Crippen molar-refractivity contribution in [2.24, 2.45) is 5.10 Å². The first-order valence-electron chi connectivity index (χ1n) is 8.25. The number of anilines is 1. The third-order valence-corrected chi connectivity index (χ3v) is 4.11. The number of hydrogen-bond acceptors (Lipinski definition) is 4. The van der Waals surface area contributed by atoms with E-state index in [9.17, 15) is 0 Å². The Kier molecular flexibility index (Phi) is 5.51. The number of hydrogen-bond donors (Lipinski definition) is 0. The van der Waals surface area contributed by atoms with Crippen LogP contribution in [0.5, 0.6) is 5.75 Å². The van der Waals surface area contributed by atoms with Gasteiger partial charge in [0.1, 0.15) is 5.75 Å². The predicted molar refractivity (Wildman–Crippen MR) is 101 cm³/mol. The van der Waals surface area contributed by atoms with Crippen LogP contribution in [0.25, 0.3) is 6.08 Å². The van der Waals surface area contributed by atoms with Crippen LogP contribution in [0.4, 0.5) is 5.69 Å². The molecule has 0 saturated carbocycles. The van der Waals surface area contributed by atoms with Crippen LogP contribution in [0, 0.1) is 0 Å². The molecule has 0 spiro atoms. The molecule has 1 saturated heterocycles. The lowest BCUT2D eigenvalue weighted by Crippen LogP contribution is -2.44. The fraction of sp³-hybridized carbons (Fsp3) is 0.250. The molecule has 0 amide bonds. The summed E-state index contributed by atoms with van der Waals surface area (Å²) in [7, 11) is 1.69. The standard InChI is InChI=1S/C20H23N3O/c1-24-20-12-6-5-8-18(20)9-7-13-21-23-16-14-22(15-17-23)19-10-3-2-4-11-19/h2-13H,14-17H2,1H3. The lowest BCUT2D eigenvalue weighted by Gasteiger charge is -2.34. The second kappa shape index (κ2) is 8.20. The van der Waals surface area contributed by atoms with Crippen molar-refractivity contribution in [3.63, 3.8) is 0 Å². The van der Waals surface area contributed by atoms with Gasteiger partial charge in [-0.05, 0) is 30.4 Å². The number of nitrogens with zero attached hydrogens (tertiary/aromatic N) is 3. The van der Waals surface area contributed by atoms with Gasteiger partial charge in [-0.3, -0.25) is 5.01 Å². The Balaban J connectivity index is 1.51. The van der Waals surface area contributed by atoms with E-state index in [0.29, 0.717) is 0 Å². The Labute approximate surface area is 143 Å². The maximum Gasteiger partial charge on any atom is 0.126 e.